The van der Waals surface area contributed by atoms with Gasteiger partial charge in [0.15, 0.2) is 5.16 Å². The van der Waals surface area contributed by atoms with E-state index in [9.17, 15) is 9.59 Å². The van der Waals surface area contributed by atoms with Gasteiger partial charge in [0.25, 0.3) is 0 Å². The van der Waals surface area contributed by atoms with E-state index >= 15 is 0 Å². The van der Waals surface area contributed by atoms with Gasteiger partial charge in [-0.25, -0.2) is 9.78 Å². The van der Waals surface area contributed by atoms with Crippen molar-refractivity contribution in [3.63, 3.8) is 0 Å². The Labute approximate surface area is 159 Å². The lowest BCUT2D eigenvalue weighted by molar-refractivity contribution is -0.113. The lowest BCUT2D eigenvalue weighted by Crippen LogP contribution is -2.16. The fourth-order valence-electron chi connectivity index (χ4n) is 2.53. The van der Waals surface area contributed by atoms with E-state index in [1.165, 1.54) is 30.2 Å². The van der Waals surface area contributed by atoms with Gasteiger partial charge < -0.3 is 15.0 Å². The smallest absolute Gasteiger partial charge is 0.341 e. The second-order valence-corrected chi connectivity index (χ2v) is 8.07. The van der Waals surface area contributed by atoms with Crippen LogP contribution >= 0.6 is 23.1 Å². The molecule has 0 bridgehead atoms. The van der Waals surface area contributed by atoms with Crippen molar-refractivity contribution in [2.45, 2.75) is 25.9 Å². The largest absolute Gasteiger partial charge is 0.465 e. The molecule has 1 amide bonds. The summed E-state index contributed by atoms with van der Waals surface area (Å²) in [6.45, 7) is 5.77. The number of thioether (sulfide) groups is 1. The third-order valence-electron chi connectivity index (χ3n) is 3.98. The van der Waals surface area contributed by atoms with Crippen LogP contribution in [0.2, 0.25) is 0 Å². The number of aromatic nitrogens is 2. The summed E-state index contributed by atoms with van der Waals surface area (Å²) in [6.07, 6.45) is 0. The first-order valence-corrected chi connectivity index (χ1v) is 9.76. The lowest BCUT2D eigenvalue weighted by atomic mass is 10.1. The summed E-state index contributed by atoms with van der Waals surface area (Å²) in [5, 5.41) is 4.03. The van der Waals surface area contributed by atoms with Gasteiger partial charge in [-0.2, -0.15) is 0 Å². The number of H-pyrrole nitrogens is 1. The van der Waals surface area contributed by atoms with Crippen LogP contribution in [0.15, 0.2) is 23.4 Å². The van der Waals surface area contributed by atoms with Gasteiger partial charge in [0.1, 0.15) is 5.00 Å². The van der Waals surface area contributed by atoms with Crippen molar-refractivity contribution in [3.8, 4) is 0 Å². The third kappa shape index (κ3) is 3.76. The molecule has 0 fully saturated rings. The molecule has 0 aliphatic carbocycles. The predicted molar refractivity (Wildman–Crippen MR) is 105 cm³/mol. The van der Waals surface area contributed by atoms with E-state index in [0.717, 1.165) is 27.0 Å². The zero-order chi connectivity index (χ0) is 18.8. The van der Waals surface area contributed by atoms with Crippen molar-refractivity contribution in [1.29, 1.82) is 0 Å². The standard InChI is InChI=1S/C18H19N3O3S2/c1-9-5-6-12-13(7-9)20-18(19-12)25-8-14(22)21-16-15(17(23)24-4)10(2)11(3)26-16/h5-7H,8H2,1-4H3,(H,19,20)(H,21,22). The van der Waals surface area contributed by atoms with Crippen molar-refractivity contribution in [2.75, 3.05) is 18.2 Å². The summed E-state index contributed by atoms with van der Waals surface area (Å²) in [5.74, 6) is -0.449. The Hall–Kier alpha value is -2.32. The van der Waals surface area contributed by atoms with Gasteiger partial charge in [-0.15, -0.1) is 11.3 Å². The maximum Gasteiger partial charge on any atom is 0.341 e. The Morgan fingerprint density at radius 3 is 2.81 bits per heavy atom. The van der Waals surface area contributed by atoms with Gasteiger partial charge in [0.2, 0.25) is 5.91 Å². The average molecular weight is 390 g/mol. The van der Waals surface area contributed by atoms with E-state index < -0.39 is 5.97 Å². The number of aromatic amines is 1. The number of nitrogens with zero attached hydrogens (tertiary/aromatic N) is 1. The van der Waals surface area contributed by atoms with E-state index in [1.807, 2.05) is 39.0 Å². The highest BCUT2D eigenvalue weighted by molar-refractivity contribution is 7.99. The summed E-state index contributed by atoms with van der Waals surface area (Å²) in [5.41, 5.74) is 4.22. The maximum atomic E-state index is 12.3. The second-order valence-electron chi connectivity index (χ2n) is 5.88. The van der Waals surface area contributed by atoms with Crippen LogP contribution in [0.4, 0.5) is 5.00 Å². The number of anilines is 1. The normalized spacial score (nSPS) is 10.9. The maximum absolute atomic E-state index is 12.3. The monoisotopic (exact) mass is 389 g/mol. The van der Waals surface area contributed by atoms with Crippen molar-refractivity contribution in [2.24, 2.45) is 0 Å². The predicted octanol–water partition coefficient (Wildman–Crippen LogP) is 4.07. The number of benzene rings is 1. The third-order valence-corrected chi connectivity index (χ3v) is 5.98. The van der Waals surface area contributed by atoms with Crippen LogP contribution in [0.1, 0.15) is 26.4 Å². The highest BCUT2D eigenvalue weighted by Gasteiger charge is 2.21. The molecule has 0 saturated carbocycles. The summed E-state index contributed by atoms with van der Waals surface area (Å²) in [4.78, 5) is 32.9. The first-order chi connectivity index (χ1) is 12.4. The Balaban J connectivity index is 1.69. The molecule has 0 atom stereocenters. The van der Waals surface area contributed by atoms with Crippen molar-refractivity contribution < 1.29 is 14.3 Å². The number of imidazole rings is 1. The number of carbonyl (C=O) groups excluding carboxylic acids is 2. The van der Waals surface area contributed by atoms with Crippen LogP contribution in [0, 0.1) is 20.8 Å². The summed E-state index contributed by atoms with van der Waals surface area (Å²) >= 11 is 2.69. The van der Waals surface area contributed by atoms with Gasteiger partial charge in [-0.05, 0) is 44.0 Å². The van der Waals surface area contributed by atoms with Crippen molar-refractivity contribution >= 4 is 51.0 Å². The highest BCUT2D eigenvalue weighted by Crippen LogP contribution is 2.33. The Kier molecular flexibility index (Phi) is 5.33. The minimum Gasteiger partial charge on any atom is -0.465 e. The molecular weight excluding hydrogens is 370 g/mol. The van der Waals surface area contributed by atoms with Gasteiger partial charge in [0, 0.05) is 4.88 Å². The topological polar surface area (TPSA) is 84.1 Å². The van der Waals surface area contributed by atoms with Crippen LogP contribution in [-0.2, 0) is 9.53 Å². The zero-order valence-corrected chi connectivity index (χ0v) is 16.6. The van der Waals surface area contributed by atoms with Crippen LogP contribution in [-0.4, -0.2) is 34.7 Å². The van der Waals surface area contributed by atoms with Gasteiger partial charge >= 0.3 is 5.97 Å². The van der Waals surface area contributed by atoms with Gasteiger partial charge in [-0.3, -0.25) is 4.79 Å². The molecule has 0 aliphatic rings. The molecule has 3 rings (SSSR count). The fourth-order valence-corrected chi connectivity index (χ4v) is 4.28. The molecule has 0 aliphatic heterocycles. The molecule has 0 radical (unpaired) electrons. The molecule has 136 valence electrons. The number of nitrogens with one attached hydrogen (secondary N) is 2. The minimum absolute atomic E-state index is 0.190. The van der Waals surface area contributed by atoms with E-state index in [-0.39, 0.29) is 11.7 Å². The number of amides is 1. The van der Waals surface area contributed by atoms with Gasteiger partial charge in [-0.1, -0.05) is 17.8 Å². The van der Waals surface area contributed by atoms with Crippen LogP contribution < -0.4 is 5.32 Å². The number of carbonyl (C=O) groups is 2. The molecule has 2 heterocycles. The lowest BCUT2D eigenvalue weighted by Gasteiger charge is -2.05. The number of rotatable bonds is 5. The van der Waals surface area contributed by atoms with Gasteiger partial charge in [0.05, 0.1) is 29.5 Å². The molecule has 0 unspecified atom stereocenters. The number of methoxy groups -OCH3 is 1. The molecular formula is C18H19N3O3S2. The summed E-state index contributed by atoms with van der Waals surface area (Å²) in [7, 11) is 1.33. The number of aryl methyl sites for hydroxylation is 2. The molecule has 1 aromatic carbocycles. The highest BCUT2D eigenvalue weighted by atomic mass is 32.2. The summed E-state index contributed by atoms with van der Waals surface area (Å²) < 4.78 is 4.82. The SMILES string of the molecule is COC(=O)c1c(NC(=O)CSc2nc3ccc(C)cc3[nH]2)sc(C)c1C. The molecule has 6 nitrogen and oxygen atoms in total. The van der Waals surface area contributed by atoms with E-state index in [2.05, 4.69) is 15.3 Å². The quantitative estimate of drug-likeness (QED) is 0.508. The van der Waals surface area contributed by atoms with E-state index in [1.54, 1.807) is 0 Å². The molecule has 3 aromatic rings. The Bertz CT molecular complexity index is 991. The Morgan fingerprint density at radius 1 is 1.31 bits per heavy atom. The molecule has 2 aromatic heterocycles. The minimum atomic E-state index is -0.442. The number of esters is 1. The number of hydrogen-bond acceptors (Lipinski definition) is 6. The molecule has 2 N–H and O–H groups in total. The molecule has 0 saturated heterocycles. The molecule has 8 heteroatoms. The number of ether oxygens (including phenoxy) is 1. The van der Waals surface area contributed by atoms with Crippen LogP contribution in [0.5, 0.6) is 0 Å². The first-order valence-electron chi connectivity index (χ1n) is 7.96. The van der Waals surface area contributed by atoms with Crippen LogP contribution in [0.3, 0.4) is 0 Å². The van der Waals surface area contributed by atoms with Crippen molar-refractivity contribution in [1.82, 2.24) is 9.97 Å². The number of hydrogen-bond donors (Lipinski definition) is 2. The molecule has 26 heavy (non-hydrogen) atoms. The van der Waals surface area contributed by atoms with E-state index in [4.69, 9.17) is 4.74 Å². The summed E-state index contributed by atoms with van der Waals surface area (Å²) in [6, 6.07) is 5.97. The number of thiophene rings is 1. The Morgan fingerprint density at radius 2 is 2.08 bits per heavy atom. The zero-order valence-electron chi connectivity index (χ0n) is 14.9. The fraction of sp³-hybridized carbons (Fsp3) is 0.278. The molecule has 0 spiro atoms. The van der Waals surface area contributed by atoms with Crippen molar-refractivity contribution in [3.05, 3.63) is 39.8 Å². The average Bonchev–Trinajstić information content (AvgIpc) is 3.12. The first kappa shape index (κ1) is 18.5. The number of fused-ring (bicyclic) bond motifs is 1. The second kappa shape index (κ2) is 7.51. The van der Waals surface area contributed by atoms with Crippen LogP contribution in [0.25, 0.3) is 11.0 Å². The van der Waals surface area contributed by atoms with E-state index in [0.29, 0.717) is 15.7 Å².